The maximum atomic E-state index is 12.4. The van der Waals surface area contributed by atoms with Crippen LogP contribution < -0.4 is 0 Å². The molecule has 0 aliphatic carbocycles. The first-order valence-corrected chi connectivity index (χ1v) is 7.35. The van der Waals surface area contributed by atoms with Gasteiger partial charge >= 0.3 is 0 Å². The van der Waals surface area contributed by atoms with Crippen LogP contribution in [-0.2, 0) is 4.79 Å². The average molecular weight is 279 g/mol. The van der Waals surface area contributed by atoms with E-state index in [1.807, 2.05) is 11.1 Å². The Morgan fingerprint density at radius 1 is 1.45 bits per heavy atom. The second kappa shape index (κ2) is 6.85. The van der Waals surface area contributed by atoms with Gasteiger partial charge in [-0.15, -0.1) is 0 Å². The maximum absolute atomic E-state index is 12.4. The Morgan fingerprint density at radius 3 is 2.80 bits per heavy atom. The highest BCUT2D eigenvalue weighted by molar-refractivity contribution is 5.78. The van der Waals surface area contributed by atoms with E-state index in [0.29, 0.717) is 13.1 Å². The van der Waals surface area contributed by atoms with E-state index >= 15 is 0 Å². The number of nitrogens with one attached hydrogen (secondary N) is 1. The number of H-pyrrole nitrogens is 1. The highest BCUT2D eigenvalue weighted by Gasteiger charge is 2.30. The molecule has 20 heavy (non-hydrogen) atoms. The van der Waals surface area contributed by atoms with Crippen LogP contribution >= 0.6 is 0 Å². The average Bonchev–Trinajstić information content (AvgIpc) is 2.99. The SMILES string of the molecule is CCN(CC)CC(=O)N1CCN(C)[C@@H](c2ncc[nH]2)C1. The molecule has 1 atom stereocenters. The summed E-state index contributed by atoms with van der Waals surface area (Å²) in [6, 6.07) is 0.166. The number of aromatic amines is 1. The van der Waals surface area contributed by atoms with Crippen LogP contribution in [0.4, 0.5) is 0 Å². The van der Waals surface area contributed by atoms with Crippen LogP contribution in [0.1, 0.15) is 25.7 Å². The third-order valence-corrected chi connectivity index (χ3v) is 4.09. The van der Waals surface area contributed by atoms with Crippen molar-refractivity contribution in [3.05, 3.63) is 18.2 Å². The molecule has 0 spiro atoms. The molecule has 1 aliphatic rings. The molecule has 0 bridgehead atoms. The Bertz CT molecular complexity index is 415. The molecule has 0 radical (unpaired) electrons. The molecule has 1 amide bonds. The maximum Gasteiger partial charge on any atom is 0.236 e. The fraction of sp³-hybridized carbons (Fsp3) is 0.714. The number of nitrogens with zero attached hydrogens (tertiary/aromatic N) is 4. The fourth-order valence-corrected chi connectivity index (χ4v) is 2.59. The molecule has 6 heteroatoms. The number of imidazole rings is 1. The number of carbonyl (C=O) groups is 1. The summed E-state index contributed by atoms with van der Waals surface area (Å²) in [5.41, 5.74) is 0. The molecule has 2 rings (SSSR count). The van der Waals surface area contributed by atoms with Crippen LogP contribution in [0.3, 0.4) is 0 Å². The van der Waals surface area contributed by atoms with Gasteiger partial charge in [-0.3, -0.25) is 14.6 Å². The van der Waals surface area contributed by atoms with Crippen molar-refractivity contribution in [2.24, 2.45) is 0 Å². The first-order valence-electron chi connectivity index (χ1n) is 7.35. The Hall–Kier alpha value is -1.40. The smallest absolute Gasteiger partial charge is 0.236 e. The van der Waals surface area contributed by atoms with Crippen molar-refractivity contribution in [2.75, 3.05) is 46.3 Å². The molecule has 112 valence electrons. The third kappa shape index (κ3) is 3.37. The van der Waals surface area contributed by atoms with Crippen molar-refractivity contribution in [1.82, 2.24) is 24.7 Å². The highest BCUT2D eigenvalue weighted by Crippen LogP contribution is 2.21. The topological polar surface area (TPSA) is 55.5 Å². The van der Waals surface area contributed by atoms with Gasteiger partial charge in [0.05, 0.1) is 12.6 Å². The van der Waals surface area contributed by atoms with Crippen LogP contribution in [0, 0.1) is 0 Å². The molecule has 0 unspecified atom stereocenters. The van der Waals surface area contributed by atoms with Crippen LogP contribution in [0.5, 0.6) is 0 Å². The number of carbonyl (C=O) groups excluding carboxylic acids is 1. The summed E-state index contributed by atoms with van der Waals surface area (Å²) in [6.45, 7) is 8.92. The number of likely N-dealkylation sites (N-methyl/N-ethyl adjacent to an activating group) is 2. The summed E-state index contributed by atoms with van der Waals surface area (Å²) in [5.74, 6) is 1.16. The Labute approximate surface area is 120 Å². The van der Waals surface area contributed by atoms with Gasteiger partial charge in [0.1, 0.15) is 5.82 Å². The van der Waals surface area contributed by atoms with Crippen molar-refractivity contribution < 1.29 is 4.79 Å². The van der Waals surface area contributed by atoms with E-state index in [1.54, 1.807) is 6.20 Å². The molecule has 1 aliphatic heterocycles. The van der Waals surface area contributed by atoms with Crippen molar-refractivity contribution in [2.45, 2.75) is 19.9 Å². The minimum absolute atomic E-state index is 0.166. The number of amides is 1. The molecule has 0 aromatic carbocycles. The first kappa shape index (κ1) is 15.0. The summed E-state index contributed by atoms with van der Waals surface area (Å²) < 4.78 is 0. The van der Waals surface area contributed by atoms with E-state index < -0.39 is 0 Å². The van der Waals surface area contributed by atoms with E-state index in [1.165, 1.54) is 0 Å². The molecule has 1 N–H and O–H groups in total. The Morgan fingerprint density at radius 2 is 2.20 bits per heavy atom. The summed E-state index contributed by atoms with van der Waals surface area (Å²) >= 11 is 0. The fourth-order valence-electron chi connectivity index (χ4n) is 2.59. The standard InChI is InChI=1S/C14H25N5O/c1-4-18(5-2)11-13(20)19-9-8-17(3)12(10-19)14-15-6-7-16-14/h6-7,12H,4-5,8-11H2,1-3H3,(H,15,16)/t12-/m1/s1. The van der Waals surface area contributed by atoms with E-state index in [2.05, 4.69) is 40.7 Å². The molecular formula is C14H25N5O. The van der Waals surface area contributed by atoms with Gasteiger partial charge in [-0.2, -0.15) is 0 Å². The van der Waals surface area contributed by atoms with Gasteiger partial charge < -0.3 is 9.88 Å². The lowest BCUT2D eigenvalue weighted by Gasteiger charge is -2.39. The monoisotopic (exact) mass is 279 g/mol. The minimum Gasteiger partial charge on any atom is -0.347 e. The summed E-state index contributed by atoms with van der Waals surface area (Å²) in [4.78, 5) is 26.2. The lowest BCUT2D eigenvalue weighted by Crippen LogP contribution is -2.51. The largest absolute Gasteiger partial charge is 0.347 e. The zero-order chi connectivity index (χ0) is 14.5. The lowest BCUT2D eigenvalue weighted by molar-refractivity contribution is -0.135. The number of piperazine rings is 1. The van der Waals surface area contributed by atoms with E-state index in [9.17, 15) is 4.79 Å². The number of hydrogen-bond donors (Lipinski definition) is 1. The molecule has 0 saturated carbocycles. The highest BCUT2D eigenvalue weighted by atomic mass is 16.2. The number of aromatic nitrogens is 2. The summed E-state index contributed by atoms with van der Waals surface area (Å²) in [7, 11) is 2.08. The van der Waals surface area contributed by atoms with Crippen molar-refractivity contribution in [1.29, 1.82) is 0 Å². The van der Waals surface area contributed by atoms with Crippen LogP contribution in [0.25, 0.3) is 0 Å². The zero-order valence-electron chi connectivity index (χ0n) is 12.7. The molecule has 1 aromatic heterocycles. The normalized spacial score (nSPS) is 20.6. The van der Waals surface area contributed by atoms with Gasteiger partial charge in [0.25, 0.3) is 0 Å². The van der Waals surface area contributed by atoms with Gasteiger partial charge in [-0.25, -0.2) is 4.98 Å². The Kier molecular flexibility index (Phi) is 5.14. The third-order valence-electron chi connectivity index (χ3n) is 4.09. The van der Waals surface area contributed by atoms with E-state index in [-0.39, 0.29) is 11.9 Å². The van der Waals surface area contributed by atoms with Gasteiger partial charge in [-0.1, -0.05) is 13.8 Å². The molecule has 6 nitrogen and oxygen atoms in total. The van der Waals surface area contributed by atoms with Crippen LogP contribution in [-0.4, -0.2) is 76.9 Å². The second-order valence-electron chi connectivity index (χ2n) is 5.27. The van der Waals surface area contributed by atoms with Crippen molar-refractivity contribution in [3.63, 3.8) is 0 Å². The summed E-state index contributed by atoms with van der Waals surface area (Å²) in [6.07, 6.45) is 3.60. The molecule has 1 saturated heterocycles. The van der Waals surface area contributed by atoms with E-state index in [0.717, 1.165) is 32.0 Å². The van der Waals surface area contributed by atoms with Gasteiger partial charge in [0.15, 0.2) is 0 Å². The Balaban J connectivity index is 1.98. The molecule has 2 heterocycles. The molecular weight excluding hydrogens is 254 g/mol. The zero-order valence-corrected chi connectivity index (χ0v) is 12.7. The van der Waals surface area contributed by atoms with Gasteiger partial charge in [-0.05, 0) is 20.1 Å². The minimum atomic E-state index is 0.166. The number of rotatable bonds is 5. The number of hydrogen-bond acceptors (Lipinski definition) is 4. The lowest BCUT2D eigenvalue weighted by atomic mass is 10.1. The van der Waals surface area contributed by atoms with Crippen LogP contribution in [0.2, 0.25) is 0 Å². The van der Waals surface area contributed by atoms with Gasteiger partial charge in [0.2, 0.25) is 5.91 Å². The predicted octanol–water partition coefficient (Wildman–Crippen LogP) is 0.567. The molecule has 1 aromatic rings. The van der Waals surface area contributed by atoms with E-state index in [4.69, 9.17) is 0 Å². The van der Waals surface area contributed by atoms with Crippen molar-refractivity contribution in [3.8, 4) is 0 Å². The predicted molar refractivity (Wildman–Crippen MR) is 78.3 cm³/mol. The van der Waals surface area contributed by atoms with Crippen LogP contribution in [0.15, 0.2) is 12.4 Å². The summed E-state index contributed by atoms with van der Waals surface area (Å²) in [5, 5.41) is 0. The van der Waals surface area contributed by atoms with Crippen molar-refractivity contribution >= 4 is 5.91 Å². The second-order valence-corrected chi connectivity index (χ2v) is 5.27. The first-order chi connectivity index (χ1) is 9.65. The molecule has 1 fully saturated rings. The van der Waals surface area contributed by atoms with Gasteiger partial charge in [0, 0.05) is 32.0 Å². The quantitative estimate of drug-likeness (QED) is 0.856.